The van der Waals surface area contributed by atoms with E-state index in [4.69, 9.17) is 0 Å². The number of fused-ring (bicyclic) bond motifs is 1. The van der Waals surface area contributed by atoms with E-state index in [2.05, 4.69) is 42.0 Å². The summed E-state index contributed by atoms with van der Waals surface area (Å²) in [5.74, 6) is 1.80. The summed E-state index contributed by atoms with van der Waals surface area (Å²) >= 11 is 3.65. The molecule has 19 heavy (non-hydrogen) atoms. The molecule has 1 aliphatic heterocycles. The number of rotatable bonds is 2. The molecule has 2 aromatic heterocycles. The van der Waals surface area contributed by atoms with E-state index in [-0.39, 0.29) is 0 Å². The quantitative estimate of drug-likeness (QED) is 0.797. The lowest BCUT2D eigenvalue weighted by Crippen LogP contribution is -2.37. The Hall–Kier alpha value is -1.17. The summed E-state index contributed by atoms with van der Waals surface area (Å²) in [6.45, 7) is 3.09. The number of halogens is 1. The van der Waals surface area contributed by atoms with Crippen LogP contribution in [0, 0.1) is 6.92 Å². The smallest absolute Gasteiger partial charge is 0.254 e. The minimum absolute atomic E-state index is 0.525. The van der Waals surface area contributed by atoms with Crippen LogP contribution in [-0.2, 0) is 0 Å². The molecule has 0 spiro atoms. The number of hydrogen-bond donors (Lipinski definition) is 0. The molecule has 0 aliphatic carbocycles. The van der Waals surface area contributed by atoms with Crippen LogP contribution in [0.25, 0.3) is 5.78 Å². The molecule has 0 N–H and O–H groups in total. The summed E-state index contributed by atoms with van der Waals surface area (Å²) in [6, 6.07) is 2.64. The standard InChI is InChI=1S/C13H18BrN5/c1-10-7-12(19-13(17-10)15-9-16-19)18-6-4-2-3-5-11(18)8-14/h7,9,11H,2-6,8H2,1H3. The second kappa shape index (κ2) is 5.45. The van der Waals surface area contributed by atoms with Crippen LogP contribution in [-0.4, -0.2) is 37.5 Å². The van der Waals surface area contributed by atoms with Crippen molar-refractivity contribution >= 4 is 27.5 Å². The second-order valence-electron chi connectivity index (χ2n) is 5.08. The summed E-state index contributed by atoms with van der Waals surface area (Å²) in [7, 11) is 0. The van der Waals surface area contributed by atoms with Crippen LogP contribution in [0.4, 0.5) is 5.82 Å². The normalized spacial score (nSPS) is 20.7. The van der Waals surface area contributed by atoms with Gasteiger partial charge in [0.05, 0.1) is 0 Å². The summed E-state index contributed by atoms with van der Waals surface area (Å²) in [6.07, 6.45) is 6.65. The van der Waals surface area contributed by atoms with E-state index in [1.807, 2.05) is 11.4 Å². The van der Waals surface area contributed by atoms with Gasteiger partial charge in [0.1, 0.15) is 12.1 Å². The van der Waals surface area contributed by atoms with Crippen molar-refractivity contribution in [3.05, 3.63) is 18.1 Å². The minimum Gasteiger partial charge on any atom is -0.353 e. The van der Waals surface area contributed by atoms with Crippen LogP contribution in [0.1, 0.15) is 31.4 Å². The molecule has 1 unspecified atom stereocenters. The van der Waals surface area contributed by atoms with Gasteiger partial charge in [0, 0.05) is 29.7 Å². The van der Waals surface area contributed by atoms with E-state index in [1.165, 1.54) is 25.7 Å². The van der Waals surface area contributed by atoms with Gasteiger partial charge in [-0.2, -0.15) is 14.6 Å². The Labute approximate surface area is 121 Å². The molecular formula is C13H18BrN5. The Kier molecular flexibility index (Phi) is 3.68. The second-order valence-corrected chi connectivity index (χ2v) is 5.73. The van der Waals surface area contributed by atoms with Gasteiger partial charge < -0.3 is 4.90 Å². The molecule has 3 heterocycles. The summed E-state index contributed by atoms with van der Waals surface area (Å²) in [5, 5.41) is 5.31. The van der Waals surface area contributed by atoms with Crippen molar-refractivity contribution in [1.29, 1.82) is 0 Å². The highest BCUT2D eigenvalue weighted by molar-refractivity contribution is 9.09. The molecule has 6 heteroatoms. The number of aryl methyl sites for hydroxylation is 1. The topological polar surface area (TPSA) is 46.3 Å². The average molecular weight is 324 g/mol. The molecule has 2 aromatic rings. The van der Waals surface area contributed by atoms with E-state index in [0.29, 0.717) is 11.8 Å². The summed E-state index contributed by atoms with van der Waals surface area (Å²) in [4.78, 5) is 11.1. The summed E-state index contributed by atoms with van der Waals surface area (Å²) in [5.41, 5.74) is 0.994. The molecule has 0 amide bonds. The lowest BCUT2D eigenvalue weighted by atomic mass is 10.1. The van der Waals surface area contributed by atoms with Crippen LogP contribution in [0.2, 0.25) is 0 Å². The third kappa shape index (κ3) is 2.45. The number of anilines is 1. The highest BCUT2D eigenvalue weighted by atomic mass is 79.9. The Morgan fingerprint density at radius 1 is 1.37 bits per heavy atom. The van der Waals surface area contributed by atoms with Crippen molar-refractivity contribution in [1.82, 2.24) is 19.6 Å². The third-order valence-electron chi connectivity index (χ3n) is 3.71. The number of alkyl halides is 1. The number of nitrogens with zero attached hydrogens (tertiary/aromatic N) is 5. The third-order valence-corrected chi connectivity index (χ3v) is 4.46. The van der Waals surface area contributed by atoms with Crippen molar-refractivity contribution < 1.29 is 0 Å². The van der Waals surface area contributed by atoms with Gasteiger partial charge >= 0.3 is 0 Å². The molecule has 1 saturated heterocycles. The van der Waals surface area contributed by atoms with Gasteiger partial charge in [0.2, 0.25) is 0 Å². The predicted octanol–water partition coefficient (Wildman–Crippen LogP) is 2.58. The van der Waals surface area contributed by atoms with Gasteiger partial charge in [0.15, 0.2) is 0 Å². The van der Waals surface area contributed by atoms with Crippen molar-refractivity contribution in [2.75, 3.05) is 16.8 Å². The maximum Gasteiger partial charge on any atom is 0.254 e. The van der Waals surface area contributed by atoms with Crippen LogP contribution in [0.3, 0.4) is 0 Å². The van der Waals surface area contributed by atoms with E-state index in [1.54, 1.807) is 6.33 Å². The zero-order chi connectivity index (χ0) is 13.2. The molecule has 0 saturated carbocycles. The molecule has 1 fully saturated rings. The van der Waals surface area contributed by atoms with E-state index in [9.17, 15) is 0 Å². The SMILES string of the molecule is Cc1cc(N2CCCCCC2CBr)n2ncnc2n1. The minimum atomic E-state index is 0.525. The maximum atomic E-state index is 4.42. The van der Waals surface area contributed by atoms with Crippen LogP contribution in [0.15, 0.2) is 12.4 Å². The first kappa shape index (κ1) is 12.8. The predicted molar refractivity (Wildman–Crippen MR) is 78.9 cm³/mol. The number of hydrogen-bond acceptors (Lipinski definition) is 4. The van der Waals surface area contributed by atoms with E-state index < -0.39 is 0 Å². The summed E-state index contributed by atoms with van der Waals surface area (Å²) < 4.78 is 1.86. The van der Waals surface area contributed by atoms with Crippen molar-refractivity contribution in [2.45, 2.75) is 38.6 Å². The zero-order valence-corrected chi connectivity index (χ0v) is 12.7. The van der Waals surface area contributed by atoms with Gasteiger partial charge in [-0.15, -0.1) is 0 Å². The fourth-order valence-electron chi connectivity index (χ4n) is 2.76. The van der Waals surface area contributed by atoms with Crippen molar-refractivity contribution in [2.24, 2.45) is 0 Å². The van der Waals surface area contributed by atoms with Crippen molar-refractivity contribution in [3.63, 3.8) is 0 Å². The van der Waals surface area contributed by atoms with E-state index in [0.717, 1.165) is 23.4 Å². The van der Waals surface area contributed by atoms with Crippen LogP contribution < -0.4 is 4.90 Å². The van der Waals surface area contributed by atoms with Gasteiger partial charge in [-0.05, 0) is 19.8 Å². The molecular weight excluding hydrogens is 306 g/mol. The monoisotopic (exact) mass is 323 g/mol. The first-order valence-electron chi connectivity index (χ1n) is 6.79. The fraction of sp³-hybridized carbons (Fsp3) is 0.615. The van der Waals surface area contributed by atoms with Crippen molar-refractivity contribution in [3.8, 4) is 0 Å². The lowest BCUT2D eigenvalue weighted by molar-refractivity contribution is 0.614. The van der Waals surface area contributed by atoms with Crippen LogP contribution >= 0.6 is 15.9 Å². The van der Waals surface area contributed by atoms with Gasteiger partial charge in [-0.25, -0.2) is 4.98 Å². The molecule has 0 radical (unpaired) electrons. The van der Waals surface area contributed by atoms with Crippen LogP contribution in [0.5, 0.6) is 0 Å². The number of aromatic nitrogens is 4. The lowest BCUT2D eigenvalue weighted by Gasteiger charge is -2.30. The fourth-order valence-corrected chi connectivity index (χ4v) is 3.43. The Bertz CT molecular complexity index is 567. The molecule has 0 aromatic carbocycles. The first-order valence-corrected chi connectivity index (χ1v) is 7.92. The largest absolute Gasteiger partial charge is 0.353 e. The molecule has 1 atom stereocenters. The molecule has 102 valence electrons. The Morgan fingerprint density at radius 3 is 3.11 bits per heavy atom. The molecule has 1 aliphatic rings. The highest BCUT2D eigenvalue weighted by Crippen LogP contribution is 2.25. The highest BCUT2D eigenvalue weighted by Gasteiger charge is 2.23. The Morgan fingerprint density at radius 2 is 2.26 bits per heavy atom. The van der Waals surface area contributed by atoms with Gasteiger partial charge in [-0.1, -0.05) is 28.8 Å². The van der Waals surface area contributed by atoms with Gasteiger partial charge in [0.25, 0.3) is 5.78 Å². The molecule has 3 rings (SSSR count). The maximum absolute atomic E-state index is 4.42. The first-order chi connectivity index (χ1) is 9.29. The van der Waals surface area contributed by atoms with E-state index >= 15 is 0 Å². The average Bonchev–Trinajstić information content (AvgIpc) is 2.74. The Balaban J connectivity index is 2.07. The zero-order valence-electron chi connectivity index (χ0n) is 11.1. The van der Waals surface area contributed by atoms with Gasteiger partial charge in [-0.3, -0.25) is 0 Å². The molecule has 5 nitrogen and oxygen atoms in total. The molecule has 0 bridgehead atoms.